The van der Waals surface area contributed by atoms with Gasteiger partial charge in [-0.15, -0.1) is 0 Å². The lowest BCUT2D eigenvalue weighted by Gasteiger charge is -2.35. The van der Waals surface area contributed by atoms with Crippen LogP contribution in [0.25, 0.3) is 0 Å². The molecule has 2 aromatic carbocycles. The number of benzene rings is 2. The quantitative estimate of drug-likeness (QED) is 0.843. The molecule has 4 rings (SSSR count). The smallest absolute Gasteiger partial charge is 0.313 e. The number of para-hydroxylation sites is 1. The highest BCUT2D eigenvalue weighted by atomic mass is 16.2. The van der Waals surface area contributed by atoms with Crippen molar-refractivity contribution in [1.82, 2.24) is 10.7 Å². The molecule has 0 radical (unpaired) electrons. The number of carbonyl (C=O) groups excluding carboxylic acids is 1. The Morgan fingerprint density at radius 1 is 1.00 bits per heavy atom. The van der Waals surface area contributed by atoms with Crippen LogP contribution in [-0.2, 0) is 12.1 Å². The SMILES string of the molecule is O=C1N[C@@]2(CCCc3ccccc32)NN1c1ccccc1. The summed E-state index contributed by atoms with van der Waals surface area (Å²) in [7, 11) is 0. The van der Waals surface area contributed by atoms with Crippen LogP contribution in [0.3, 0.4) is 0 Å². The third-order valence-corrected chi connectivity index (χ3v) is 4.32. The largest absolute Gasteiger partial charge is 0.338 e. The van der Waals surface area contributed by atoms with Gasteiger partial charge in [-0.25, -0.2) is 9.80 Å². The monoisotopic (exact) mass is 279 g/mol. The molecule has 2 amide bonds. The number of carbonyl (C=O) groups is 1. The standard InChI is InChI=1S/C17H17N3O/c21-16-18-17(19-20(16)14-9-2-1-3-10-14)12-6-8-13-7-4-5-11-15(13)17/h1-5,7,9-11,19H,6,8,12H2,(H,18,21)/t17-/m0/s1. The summed E-state index contributed by atoms with van der Waals surface area (Å²) in [6, 6.07) is 17.9. The van der Waals surface area contributed by atoms with Crippen molar-refractivity contribution >= 4 is 11.7 Å². The molecule has 4 nitrogen and oxygen atoms in total. The molecule has 4 heteroatoms. The molecule has 2 aromatic rings. The molecule has 1 atom stereocenters. The van der Waals surface area contributed by atoms with E-state index in [0.717, 1.165) is 24.9 Å². The van der Waals surface area contributed by atoms with Crippen LogP contribution in [0.15, 0.2) is 54.6 Å². The second kappa shape index (κ2) is 4.60. The van der Waals surface area contributed by atoms with Gasteiger partial charge in [0.15, 0.2) is 0 Å². The molecule has 1 fully saturated rings. The number of hydrazine groups is 1. The predicted molar refractivity (Wildman–Crippen MR) is 81.6 cm³/mol. The van der Waals surface area contributed by atoms with Gasteiger partial charge in [-0.1, -0.05) is 42.5 Å². The van der Waals surface area contributed by atoms with E-state index in [0.29, 0.717) is 0 Å². The Morgan fingerprint density at radius 3 is 2.62 bits per heavy atom. The molecule has 0 unspecified atom stereocenters. The van der Waals surface area contributed by atoms with E-state index in [1.807, 2.05) is 36.4 Å². The van der Waals surface area contributed by atoms with Crippen LogP contribution in [0.2, 0.25) is 0 Å². The molecular weight excluding hydrogens is 262 g/mol. The summed E-state index contributed by atoms with van der Waals surface area (Å²) in [5.41, 5.74) is 6.28. The predicted octanol–water partition coefficient (Wildman–Crippen LogP) is 2.91. The zero-order valence-corrected chi connectivity index (χ0v) is 11.7. The average molecular weight is 279 g/mol. The van der Waals surface area contributed by atoms with Crippen molar-refractivity contribution in [3.8, 4) is 0 Å². The number of anilines is 1. The first-order valence-electron chi connectivity index (χ1n) is 7.32. The second-order valence-corrected chi connectivity index (χ2v) is 5.63. The van der Waals surface area contributed by atoms with Gasteiger partial charge in [0.1, 0.15) is 5.66 Å². The summed E-state index contributed by atoms with van der Waals surface area (Å²) in [4.78, 5) is 12.4. The summed E-state index contributed by atoms with van der Waals surface area (Å²) < 4.78 is 0. The molecule has 0 aromatic heterocycles. The summed E-state index contributed by atoms with van der Waals surface area (Å²) >= 11 is 0. The van der Waals surface area contributed by atoms with Gasteiger partial charge in [0.2, 0.25) is 0 Å². The van der Waals surface area contributed by atoms with Gasteiger partial charge in [0.05, 0.1) is 5.69 Å². The van der Waals surface area contributed by atoms with Gasteiger partial charge in [-0.3, -0.25) is 0 Å². The zero-order chi connectivity index (χ0) is 14.3. The third-order valence-electron chi connectivity index (χ3n) is 4.32. The third kappa shape index (κ3) is 1.91. The number of hydrogen-bond donors (Lipinski definition) is 2. The van der Waals surface area contributed by atoms with E-state index < -0.39 is 5.66 Å². The molecule has 2 aliphatic rings. The van der Waals surface area contributed by atoms with E-state index in [-0.39, 0.29) is 6.03 Å². The Kier molecular flexibility index (Phi) is 2.72. The lowest BCUT2D eigenvalue weighted by atomic mass is 9.83. The van der Waals surface area contributed by atoms with Crippen LogP contribution in [0.4, 0.5) is 10.5 Å². The molecule has 106 valence electrons. The van der Waals surface area contributed by atoms with Gasteiger partial charge < -0.3 is 5.32 Å². The number of amides is 2. The molecule has 1 saturated heterocycles. The number of hydrogen-bond acceptors (Lipinski definition) is 2. The van der Waals surface area contributed by atoms with Crippen molar-refractivity contribution in [2.45, 2.75) is 24.9 Å². The second-order valence-electron chi connectivity index (χ2n) is 5.63. The lowest BCUT2D eigenvalue weighted by molar-refractivity contribution is 0.241. The highest BCUT2D eigenvalue weighted by Gasteiger charge is 2.46. The normalized spacial score (nSPS) is 24.0. The van der Waals surface area contributed by atoms with Crippen LogP contribution in [0.1, 0.15) is 24.0 Å². The van der Waals surface area contributed by atoms with Gasteiger partial charge in [0, 0.05) is 0 Å². The molecule has 1 aliphatic heterocycles. The molecule has 21 heavy (non-hydrogen) atoms. The lowest BCUT2D eigenvalue weighted by Crippen LogP contribution is -2.50. The Labute approximate surface area is 123 Å². The molecule has 0 bridgehead atoms. The minimum Gasteiger partial charge on any atom is -0.313 e. The van der Waals surface area contributed by atoms with Gasteiger partial charge in [-0.2, -0.15) is 5.43 Å². The highest BCUT2D eigenvalue weighted by molar-refractivity contribution is 5.94. The maximum atomic E-state index is 12.4. The van der Waals surface area contributed by atoms with E-state index in [9.17, 15) is 4.79 Å². The Balaban J connectivity index is 1.74. The van der Waals surface area contributed by atoms with E-state index in [1.54, 1.807) is 5.01 Å². The Morgan fingerprint density at radius 2 is 1.76 bits per heavy atom. The topological polar surface area (TPSA) is 44.4 Å². The van der Waals surface area contributed by atoms with Crippen LogP contribution in [0, 0.1) is 0 Å². The fourth-order valence-electron chi connectivity index (χ4n) is 3.35. The van der Waals surface area contributed by atoms with Crippen LogP contribution in [-0.4, -0.2) is 6.03 Å². The first kappa shape index (κ1) is 12.4. The van der Waals surface area contributed by atoms with Crippen LogP contribution >= 0.6 is 0 Å². The summed E-state index contributed by atoms with van der Waals surface area (Å²) in [5, 5.41) is 4.76. The maximum absolute atomic E-state index is 12.4. The van der Waals surface area contributed by atoms with Crippen molar-refractivity contribution in [2.24, 2.45) is 0 Å². The van der Waals surface area contributed by atoms with E-state index in [4.69, 9.17) is 0 Å². The van der Waals surface area contributed by atoms with Crippen molar-refractivity contribution < 1.29 is 4.79 Å². The van der Waals surface area contributed by atoms with Crippen molar-refractivity contribution in [3.05, 3.63) is 65.7 Å². The highest BCUT2D eigenvalue weighted by Crippen LogP contribution is 2.36. The number of rotatable bonds is 1. The first-order chi connectivity index (χ1) is 10.3. The zero-order valence-electron chi connectivity index (χ0n) is 11.7. The fourth-order valence-corrected chi connectivity index (χ4v) is 3.35. The minimum atomic E-state index is -0.470. The number of aryl methyl sites for hydroxylation is 1. The number of urea groups is 1. The van der Waals surface area contributed by atoms with Gasteiger partial charge >= 0.3 is 6.03 Å². The maximum Gasteiger partial charge on any atom is 0.338 e. The molecule has 1 aliphatic carbocycles. The summed E-state index contributed by atoms with van der Waals surface area (Å²) in [6.45, 7) is 0. The molecule has 2 N–H and O–H groups in total. The molecule has 0 saturated carbocycles. The van der Waals surface area contributed by atoms with E-state index in [1.165, 1.54) is 11.1 Å². The fraction of sp³-hybridized carbons (Fsp3) is 0.235. The van der Waals surface area contributed by atoms with E-state index in [2.05, 4.69) is 28.9 Å². The number of fused-ring (bicyclic) bond motifs is 2. The molecule has 1 heterocycles. The Hall–Kier alpha value is -2.33. The average Bonchev–Trinajstić information content (AvgIpc) is 2.86. The van der Waals surface area contributed by atoms with E-state index >= 15 is 0 Å². The minimum absolute atomic E-state index is 0.0992. The Bertz CT molecular complexity index is 685. The van der Waals surface area contributed by atoms with Crippen LogP contribution in [0.5, 0.6) is 0 Å². The van der Waals surface area contributed by atoms with Gasteiger partial charge in [-0.05, 0) is 42.5 Å². The first-order valence-corrected chi connectivity index (χ1v) is 7.32. The molecular formula is C17H17N3O. The van der Waals surface area contributed by atoms with Crippen molar-refractivity contribution in [3.63, 3.8) is 0 Å². The molecule has 1 spiro atoms. The summed E-state index contributed by atoms with van der Waals surface area (Å²) in [5.74, 6) is 0. The van der Waals surface area contributed by atoms with Crippen molar-refractivity contribution in [1.29, 1.82) is 0 Å². The number of nitrogens with zero attached hydrogens (tertiary/aromatic N) is 1. The van der Waals surface area contributed by atoms with Crippen molar-refractivity contribution in [2.75, 3.05) is 5.01 Å². The van der Waals surface area contributed by atoms with Crippen LogP contribution < -0.4 is 15.8 Å². The summed E-state index contributed by atoms with van der Waals surface area (Å²) in [6.07, 6.45) is 3.03. The number of nitrogens with one attached hydrogen (secondary N) is 2. The van der Waals surface area contributed by atoms with Gasteiger partial charge in [0.25, 0.3) is 0 Å².